The summed E-state index contributed by atoms with van der Waals surface area (Å²) in [6, 6.07) is 8.89. The zero-order valence-electron chi connectivity index (χ0n) is 10.4. The van der Waals surface area contributed by atoms with Crippen LogP contribution in [0.2, 0.25) is 0 Å². The Hall–Kier alpha value is -1.65. The van der Waals surface area contributed by atoms with Crippen molar-refractivity contribution in [3.05, 3.63) is 48.0 Å². The topological polar surface area (TPSA) is 44.8 Å². The van der Waals surface area contributed by atoms with Gasteiger partial charge in [0.1, 0.15) is 6.10 Å². The molecule has 0 spiro atoms. The average molecular weight is 248 g/mol. The van der Waals surface area contributed by atoms with Crippen molar-refractivity contribution < 1.29 is 19.0 Å². The molecule has 2 rings (SSSR count). The van der Waals surface area contributed by atoms with Gasteiger partial charge in [-0.05, 0) is 31.2 Å². The third-order valence-electron chi connectivity index (χ3n) is 2.75. The quantitative estimate of drug-likeness (QED) is 0.607. The van der Waals surface area contributed by atoms with Gasteiger partial charge >= 0.3 is 5.97 Å². The SMILES string of the molecule is COC1C=CC(OC(=O)c2ccccc2)C(C)O1. The average Bonchev–Trinajstić information content (AvgIpc) is 2.42. The number of carbonyl (C=O) groups excluding carboxylic acids is 1. The monoisotopic (exact) mass is 248 g/mol. The third kappa shape index (κ3) is 2.97. The second-order valence-electron chi connectivity index (χ2n) is 4.07. The fraction of sp³-hybridized carbons (Fsp3) is 0.357. The highest BCUT2D eigenvalue weighted by Crippen LogP contribution is 2.17. The van der Waals surface area contributed by atoms with Gasteiger partial charge in [-0.2, -0.15) is 0 Å². The maximum Gasteiger partial charge on any atom is 0.338 e. The zero-order valence-corrected chi connectivity index (χ0v) is 10.4. The van der Waals surface area contributed by atoms with Crippen molar-refractivity contribution in [2.24, 2.45) is 0 Å². The standard InChI is InChI=1S/C14H16O4/c1-10-12(8-9-13(16-2)17-10)18-14(15)11-6-4-3-5-7-11/h3-10,12-13H,1-2H3. The van der Waals surface area contributed by atoms with Crippen LogP contribution in [0.5, 0.6) is 0 Å². The van der Waals surface area contributed by atoms with E-state index in [1.165, 1.54) is 0 Å². The molecule has 0 fully saturated rings. The molecule has 4 heteroatoms. The second-order valence-corrected chi connectivity index (χ2v) is 4.07. The van der Waals surface area contributed by atoms with Crippen LogP contribution in [0, 0.1) is 0 Å². The van der Waals surface area contributed by atoms with Gasteiger partial charge in [0.2, 0.25) is 0 Å². The van der Waals surface area contributed by atoms with Gasteiger partial charge in [0, 0.05) is 7.11 Å². The van der Waals surface area contributed by atoms with E-state index in [0.717, 1.165) is 0 Å². The molecule has 0 radical (unpaired) electrons. The summed E-state index contributed by atoms with van der Waals surface area (Å²) in [7, 11) is 1.57. The molecular formula is C14H16O4. The van der Waals surface area contributed by atoms with Crippen LogP contribution in [-0.2, 0) is 14.2 Å². The van der Waals surface area contributed by atoms with Crippen LogP contribution in [0.1, 0.15) is 17.3 Å². The van der Waals surface area contributed by atoms with E-state index < -0.39 is 0 Å². The maximum atomic E-state index is 11.9. The van der Waals surface area contributed by atoms with Crippen LogP contribution in [0.3, 0.4) is 0 Å². The zero-order chi connectivity index (χ0) is 13.0. The highest BCUT2D eigenvalue weighted by atomic mass is 16.7. The first-order valence-corrected chi connectivity index (χ1v) is 5.83. The summed E-state index contributed by atoms with van der Waals surface area (Å²) in [5.41, 5.74) is 0.534. The molecule has 0 saturated heterocycles. The lowest BCUT2D eigenvalue weighted by molar-refractivity contribution is -0.152. The van der Waals surface area contributed by atoms with E-state index in [4.69, 9.17) is 14.2 Å². The molecule has 0 amide bonds. The third-order valence-corrected chi connectivity index (χ3v) is 2.75. The Morgan fingerprint density at radius 1 is 1.22 bits per heavy atom. The molecule has 0 bridgehead atoms. The van der Waals surface area contributed by atoms with Gasteiger partial charge < -0.3 is 14.2 Å². The van der Waals surface area contributed by atoms with Gasteiger partial charge in [-0.3, -0.25) is 0 Å². The lowest BCUT2D eigenvalue weighted by atomic mass is 10.1. The highest BCUT2D eigenvalue weighted by molar-refractivity contribution is 5.89. The number of ether oxygens (including phenoxy) is 3. The van der Waals surface area contributed by atoms with Crippen molar-refractivity contribution in [3.63, 3.8) is 0 Å². The van der Waals surface area contributed by atoms with Crippen LogP contribution in [-0.4, -0.2) is 31.6 Å². The first kappa shape index (κ1) is 12.8. The van der Waals surface area contributed by atoms with Gasteiger partial charge in [-0.15, -0.1) is 0 Å². The highest BCUT2D eigenvalue weighted by Gasteiger charge is 2.26. The first-order chi connectivity index (χ1) is 8.70. The Balaban J connectivity index is 2.00. The van der Waals surface area contributed by atoms with Crippen LogP contribution < -0.4 is 0 Å². The van der Waals surface area contributed by atoms with Crippen molar-refractivity contribution in [2.75, 3.05) is 7.11 Å². The molecule has 3 atom stereocenters. The lowest BCUT2D eigenvalue weighted by Gasteiger charge is -2.28. The van der Waals surface area contributed by atoms with E-state index in [1.54, 1.807) is 43.5 Å². The summed E-state index contributed by atoms with van der Waals surface area (Å²) < 4.78 is 15.9. The molecule has 3 unspecified atom stereocenters. The molecule has 0 aliphatic carbocycles. The van der Waals surface area contributed by atoms with Gasteiger partial charge in [0.05, 0.1) is 11.7 Å². The first-order valence-electron chi connectivity index (χ1n) is 5.83. The fourth-order valence-electron chi connectivity index (χ4n) is 1.73. The fourth-order valence-corrected chi connectivity index (χ4v) is 1.73. The molecule has 4 nitrogen and oxygen atoms in total. The smallest absolute Gasteiger partial charge is 0.338 e. The number of hydrogen-bond acceptors (Lipinski definition) is 4. The van der Waals surface area contributed by atoms with Crippen LogP contribution in [0.4, 0.5) is 0 Å². The number of benzene rings is 1. The summed E-state index contributed by atoms with van der Waals surface area (Å²) in [4.78, 5) is 11.9. The predicted octanol–water partition coefficient (Wildman–Crippen LogP) is 2.16. The second kappa shape index (κ2) is 5.80. The van der Waals surface area contributed by atoms with E-state index in [2.05, 4.69) is 0 Å². The minimum atomic E-state index is -0.385. The molecule has 1 aliphatic heterocycles. The lowest BCUT2D eigenvalue weighted by Crippen LogP contribution is -2.36. The van der Waals surface area contributed by atoms with E-state index in [9.17, 15) is 4.79 Å². The molecule has 1 aromatic carbocycles. The summed E-state index contributed by atoms with van der Waals surface area (Å²) in [6.07, 6.45) is 2.55. The summed E-state index contributed by atoms with van der Waals surface area (Å²) in [5.74, 6) is -0.350. The molecule has 1 aliphatic rings. The Bertz CT molecular complexity index is 427. The molecule has 1 aromatic rings. The van der Waals surface area contributed by atoms with Gasteiger partial charge in [0.15, 0.2) is 6.29 Å². The van der Waals surface area contributed by atoms with Gasteiger partial charge in [-0.1, -0.05) is 18.2 Å². The number of hydrogen-bond donors (Lipinski definition) is 0. The summed E-state index contributed by atoms with van der Waals surface area (Å²) >= 11 is 0. The largest absolute Gasteiger partial charge is 0.452 e. The van der Waals surface area contributed by atoms with Crippen molar-refractivity contribution >= 4 is 5.97 Å². The van der Waals surface area contributed by atoms with E-state index in [1.807, 2.05) is 13.0 Å². The minimum Gasteiger partial charge on any atom is -0.452 e. The van der Waals surface area contributed by atoms with Gasteiger partial charge in [0.25, 0.3) is 0 Å². The number of methoxy groups -OCH3 is 1. The summed E-state index contributed by atoms with van der Waals surface area (Å²) in [5, 5.41) is 0. The number of rotatable bonds is 3. The van der Waals surface area contributed by atoms with Gasteiger partial charge in [-0.25, -0.2) is 4.79 Å². The van der Waals surface area contributed by atoms with Crippen molar-refractivity contribution in [2.45, 2.75) is 25.4 Å². The normalized spacial score (nSPS) is 26.9. The number of esters is 1. The Kier molecular flexibility index (Phi) is 4.12. The van der Waals surface area contributed by atoms with Crippen LogP contribution in [0.15, 0.2) is 42.5 Å². The summed E-state index contributed by atoms with van der Waals surface area (Å²) in [6.45, 7) is 1.85. The Labute approximate surface area is 106 Å². The molecule has 1 heterocycles. The van der Waals surface area contributed by atoms with Crippen LogP contribution >= 0.6 is 0 Å². The van der Waals surface area contributed by atoms with Crippen molar-refractivity contribution in [3.8, 4) is 0 Å². The molecule has 0 aromatic heterocycles. The van der Waals surface area contributed by atoms with Crippen LogP contribution in [0.25, 0.3) is 0 Å². The Morgan fingerprint density at radius 2 is 1.94 bits per heavy atom. The Morgan fingerprint density at radius 3 is 2.56 bits per heavy atom. The van der Waals surface area contributed by atoms with Crippen molar-refractivity contribution in [1.82, 2.24) is 0 Å². The minimum absolute atomic E-state index is 0.229. The number of carbonyl (C=O) groups is 1. The van der Waals surface area contributed by atoms with E-state index in [-0.39, 0.29) is 24.5 Å². The maximum absolute atomic E-state index is 11.9. The predicted molar refractivity (Wildman–Crippen MR) is 66.1 cm³/mol. The molecule has 0 saturated carbocycles. The molecule has 96 valence electrons. The van der Waals surface area contributed by atoms with Crippen molar-refractivity contribution in [1.29, 1.82) is 0 Å². The molecule has 18 heavy (non-hydrogen) atoms. The molecule has 0 N–H and O–H groups in total. The van der Waals surface area contributed by atoms with E-state index >= 15 is 0 Å². The molecular weight excluding hydrogens is 232 g/mol. The van der Waals surface area contributed by atoms with E-state index in [0.29, 0.717) is 5.56 Å².